The van der Waals surface area contributed by atoms with E-state index in [1.165, 1.54) is 5.56 Å². The van der Waals surface area contributed by atoms with Crippen LogP contribution in [0.1, 0.15) is 29.9 Å². The highest BCUT2D eigenvalue weighted by molar-refractivity contribution is 5.78. The molecule has 2 aromatic carbocycles. The number of nitrogens with zero attached hydrogens (tertiary/aromatic N) is 3. The molecular weight excluding hydrogens is 364 g/mol. The summed E-state index contributed by atoms with van der Waals surface area (Å²) < 4.78 is 7.68. The van der Waals surface area contributed by atoms with Crippen molar-refractivity contribution in [3.8, 4) is 5.75 Å². The van der Waals surface area contributed by atoms with Gasteiger partial charge in [-0.05, 0) is 36.2 Å². The number of aromatic nitrogens is 3. The summed E-state index contributed by atoms with van der Waals surface area (Å²) in [5.41, 5.74) is 2.98. The van der Waals surface area contributed by atoms with E-state index >= 15 is 0 Å². The third-order valence-electron chi connectivity index (χ3n) is 4.67. The number of fused-ring (bicyclic) bond motifs is 1. The Balaban J connectivity index is 1.39. The van der Waals surface area contributed by atoms with Crippen LogP contribution in [0.2, 0.25) is 0 Å². The smallest absolute Gasteiger partial charge is 0.258 e. The molecule has 1 N–H and O–H groups in total. The van der Waals surface area contributed by atoms with Crippen LogP contribution < -0.4 is 10.1 Å². The molecule has 0 radical (unpaired) electrons. The number of hydrogen-bond donors (Lipinski definition) is 1. The van der Waals surface area contributed by atoms with E-state index in [0.29, 0.717) is 11.6 Å². The van der Waals surface area contributed by atoms with Gasteiger partial charge in [-0.1, -0.05) is 54.6 Å². The predicted molar refractivity (Wildman–Crippen MR) is 111 cm³/mol. The number of carbonyl (C=O) groups is 1. The Morgan fingerprint density at radius 3 is 2.62 bits per heavy atom. The minimum atomic E-state index is -0.289. The Morgan fingerprint density at radius 2 is 1.76 bits per heavy atom. The zero-order valence-corrected chi connectivity index (χ0v) is 16.2. The van der Waals surface area contributed by atoms with Crippen molar-refractivity contribution in [3.05, 3.63) is 95.9 Å². The van der Waals surface area contributed by atoms with Crippen molar-refractivity contribution in [1.82, 2.24) is 19.9 Å². The van der Waals surface area contributed by atoms with Crippen molar-refractivity contribution in [1.29, 1.82) is 0 Å². The van der Waals surface area contributed by atoms with Gasteiger partial charge < -0.3 is 10.1 Å². The van der Waals surface area contributed by atoms with Crippen LogP contribution in [0.4, 0.5) is 0 Å². The first-order valence-corrected chi connectivity index (χ1v) is 9.54. The van der Waals surface area contributed by atoms with Crippen molar-refractivity contribution < 1.29 is 9.53 Å². The van der Waals surface area contributed by atoms with Gasteiger partial charge in [-0.2, -0.15) is 0 Å². The monoisotopic (exact) mass is 386 g/mol. The van der Waals surface area contributed by atoms with E-state index in [9.17, 15) is 4.79 Å². The van der Waals surface area contributed by atoms with Crippen LogP contribution >= 0.6 is 0 Å². The molecule has 0 aliphatic carbocycles. The van der Waals surface area contributed by atoms with E-state index in [-0.39, 0.29) is 18.6 Å². The number of rotatable bonds is 7. The number of benzene rings is 2. The molecule has 0 aliphatic heterocycles. The van der Waals surface area contributed by atoms with Gasteiger partial charge in [0.1, 0.15) is 5.75 Å². The number of carbonyl (C=O) groups excluding carboxylic acids is 1. The molecule has 4 rings (SSSR count). The third kappa shape index (κ3) is 4.43. The molecule has 2 heterocycles. The van der Waals surface area contributed by atoms with E-state index in [4.69, 9.17) is 4.74 Å². The Labute approximate surface area is 169 Å². The maximum Gasteiger partial charge on any atom is 0.258 e. The van der Waals surface area contributed by atoms with Gasteiger partial charge in [0.2, 0.25) is 0 Å². The first-order chi connectivity index (χ1) is 14.2. The largest absolute Gasteiger partial charge is 0.483 e. The van der Waals surface area contributed by atoms with Gasteiger partial charge >= 0.3 is 0 Å². The van der Waals surface area contributed by atoms with Gasteiger partial charge in [-0.15, -0.1) is 10.2 Å². The van der Waals surface area contributed by atoms with Gasteiger partial charge in [0, 0.05) is 12.6 Å². The Morgan fingerprint density at radius 1 is 1.00 bits per heavy atom. The van der Waals surface area contributed by atoms with Gasteiger partial charge in [0.05, 0.1) is 6.04 Å². The van der Waals surface area contributed by atoms with E-state index in [2.05, 4.69) is 27.6 Å². The maximum absolute atomic E-state index is 12.4. The molecule has 0 saturated carbocycles. The summed E-state index contributed by atoms with van der Waals surface area (Å²) >= 11 is 0. The molecule has 0 fully saturated rings. The first kappa shape index (κ1) is 18.7. The fourth-order valence-electron chi connectivity index (χ4n) is 3.25. The van der Waals surface area contributed by atoms with E-state index in [1.54, 1.807) is 0 Å². The molecule has 29 heavy (non-hydrogen) atoms. The van der Waals surface area contributed by atoms with Gasteiger partial charge in [-0.25, -0.2) is 0 Å². The summed E-state index contributed by atoms with van der Waals surface area (Å²) in [6, 6.07) is 23.4. The Kier molecular flexibility index (Phi) is 5.52. The van der Waals surface area contributed by atoms with Crippen molar-refractivity contribution >= 4 is 11.6 Å². The summed E-state index contributed by atoms with van der Waals surface area (Å²) in [6.45, 7) is 1.82. The average Bonchev–Trinajstić information content (AvgIpc) is 3.18. The molecule has 1 atom stereocenters. The molecule has 2 aromatic heterocycles. The second kappa shape index (κ2) is 8.56. The maximum atomic E-state index is 12.4. The molecule has 0 saturated heterocycles. The van der Waals surface area contributed by atoms with Crippen LogP contribution in [0, 0.1) is 0 Å². The second-order valence-corrected chi connectivity index (χ2v) is 6.84. The van der Waals surface area contributed by atoms with Crippen LogP contribution in [0.25, 0.3) is 5.65 Å². The lowest BCUT2D eigenvalue weighted by Gasteiger charge is -2.14. The summed E-state index contributed by atoms with van der Waals surface area (Å²) in [7, 11) is 0. The van der Waals surface area contributed by atoms with Gasteiger partial charge in [0.25, 0.3) is 5.91 Å². The number of pyridine rings is 1. The molecule has 6 nitrogen and oxygen atoms in total. The number of nitrogens with one attached hydrogen (secondary N) is 1. The zero-order chi connectivity index (χ0) is 20.1. The number of amides is 1. The molecule has 6 heteroatoms. The van der Waals surface area contributed by atoms with Gasteiger partial charge in [-0.3, -0.25) is 9.20 Å². The molecule has 1 unspecified atom stereocenters. The lowest BCUT2D eigenvalue weighted by molar-refractivity contribution is -0.123. The highest BCUT2D eigenvalue weighted by atomic mass is 16.5. The quantitative estimate of drug-likeness (QED) is 0.527. The number of ether oxygens (including phenoxy) is 1. The Hall–Kier alpha value is -3.67. The highest BCUT2D eigenvalue weighted by Crippen LogP contribution is 2.21. The summed E-state index contributed by atoms with van der Waals surface area (Å²) in [4.78, 5) is 12.4. The normalized spacial score (nSPS) is 11.9. The predicted octanol–water partition coefficient (Wildman–Crippen LogP) is 3.58. The van der Waals surface area contributed by atoms with E-state index in [1.807, 2.05) is 78.2 Å². The minimum Gasteiger partial charge on any atom is -0.483 e. The number of hydrogen-bond acceptors (Lipinski definition) is 4. The molecule has 1 amide bonds. The van der Waals surface area contributed by atoms with E-state index < -0.39 is 0 Å². The molecular formula is C23H22N4O2. The van der Waals surface area contributed by atoms with Crippen molar-refractivity contribution in [2.45, 2.75) is 19.4 Å². The lowest BCUT2D eigenvalue weighted by Crippen LogP contribution is -2.32. The average molecular weight is 386 g/mol. The highest BCUT2D eigenvalue weighted by Gasteiger charge is 2.16. The van der Waals surface area contributed by atoms with E-state index in [0.717, 1.165) is 17.6 Å². The van der Waals surface area contributed by atoms with Gasteiger partial charge in [0.15, 0.2) is 18.1 Å². The molecule has 0 spiro atoms. The molecule has 4 aromatic rings. The number of para-hydroxylation sites is 1. The van der Waals surface area contributed by atoms with Crippen molar-refractivity contribution in [2.24, 2.45) is 0 Å². The topological polar surface area (TPSA) is 68.5 Å². The minimum absolute atomic E-state index is 0.0626. The van der Waals surface area contributed by atoms with Crippen molar-refractivity contribution in [3.63, 3.8) is 0 Å². The molecule has 146 valence electrons. The van der Waals surface area contributed by atoms with Crippen LogP contribution in [-0.4, -0.2) is 27.1 Å². The second-order valence-electron chi connectivity index (χ2n) is 6.84. The summed E-state index contributed by atoms with van der Waals surface area (Å²) in [5.74, 6) is 1.19. The van der Waals surface area contributed by atoms with Crippen LogP contribution in [0.3, 0.4) is 0 Å². The van der Waals surface area contributed by atoms with Crippen LogP contribution in [-0.2, 0) is 11.2 Å². The first-order valence-electron chi connectivity index (χ1n) is 9.54. The zero-order valence-electron chi connectivity index (χ0n) is 16.2. The summed E-state index contributed by atoms with van der Waals surface area (Å²) in [6.07, 6.45) is 2.63. The fourth-order valence-corrected chi connectivity index (χ4v) is 3.25. The van der Waals surface area contributed by atoms with Crippen LogP contribution in [0.5, 0.6) is 5.75 Å². The standard InChI is InChI=1S/C23H22N4O2/c1-17(23-26-25-21-13-7-8-14-27(21)23)24-22(28)16-29-20-12-6-5-11-19(20)15-18-9-3-2-4-10-18/h2-14,17H,15-16H2,1H3,(H,24,28). The Bertz CT molecular complexity index is 1110. The molecule has 0 bridgehead atoms. The van der Waals surface area contributed by atoms with Crippen molar-refractivity contribution in [2.75, 3.05) is 6.61 Å². The SMILES string of the molecule is CC(NC(=O)COc1ccccc1Cc1ccccc1)c1nnc2ccccn12. The lowest BCUT2D eigenvalue weighted by atomic mass is 10.0. The summed E-state index contributed by atoms with van der Waals surface area (Å²) in [5, 5.41) is 11.2. The third-order valence-corrected chi connectivity index (χ3v) is 4.67. The molecule has 0 aliphatic rings. The fraction of sp³-hybridized carbons (Fsp3) is 0.174. The van der Waals surface area contributed by atoms with Crippen LogP contribution in [0.15, 0.2) is 79.0 Å².